The number of aryl methyl sites for hydroxylation is 4. The summed E-state index contributed by atoms with van der Waals surface area (Å²) in [5.41, 5.74) is 24.3. The zero-order valence-electron chi connectivity index (χ0n) is 49.1. The van der Waals surface area contributed by atoms with Crippen LogP contribution in [0.3, 0.4) is 0 Å². The first kappa shape index (κ1) is 49.7. The van der Waals surface area contributed by atoms with Crippen molar-refractivity contribution in [2.45, 2.75) is 27.7 Å². The largest absolute Gasteiger partial charge is 0.454 e. The number of fused-ring (bicyclic) bond motifs is 20. The maximum absolute atomic E-state index is 7.43. The van der Waals surface area contributed by atoms with Gasteiger partial charge in [-0.2, -0.15) is 0 Å². The molecule has 13 aromatic carbocycles. The molecule has 0 aliphatic rings. The Morgan fingerprint density at radius 2 is 0.629 bits per heavy atom. The van der Waals surface area contributed by atoms with Crippen molar-refractivity contribution < 1.29 is 17.7 Å². The molecule has 19 aromatic rings. The van der Waals surface area contributed by atoms with Crippen LogP contribution in [-0.2, 0) is 0 Å². The van der Waals surface area contributed by atoms with Crippen molar-refractivity contribution in [3.63, 3.8) is 0 Å². The third kappa shape index (κ3) is 6.87. The first-order valence-electron chi connectivity index (χ1n) is 30.5. The van der Waals surface area contributed by atoms with Gasteiger partial charge in [0.05, 0.1) is 28.3 Å². The van der Waals surface area contributed by atoms with E-state index in [1.165, 1.54) is 11.1 Å². The fourth-order valence-corrected chi connectivity index (χ4v) is 15.0. The van der Waals surface area contributed by atoms with E-state index in [-0.39, 0.29) is 0 Å². The lowest BCUT2D eigenvalue weighted by Gasteiger charge is -2.28. The molecule has 0 unspecified atom stereocenters. The van der Waals surface area contributed by atoms with E-state index in [0.717, 1.165) is 193 Å². The molecule has 6 aromatic heterocycles. The summed E-state index contributed by atoms with van der Waals surface area (Å²) >= 11 is 0. The van der Waals surface area contributed by atoms with Gasteiger partial charge in [0.15, 0.2) is 22.3 Å². The summed E-state index contributed by atoms with van der Waals surface area (Å²) < 4.78 is 32.0. The second-order valence-electron chi connectivity index (χ2n) is 24.0. The van der Waals surface area contributed by atoms with Crippen LogP contribution in [0.15, 0.2) is 266 Å². The lowest BCUT2D eigenvalue weighted by molar-refractivity contribution is 0.669. The predicted molar refractivity (Wildman–Crippen MR) is 369 cm³/mol. The van der Waals surface area contributed by atoms with Crippen molar-refractivity contribution in [2.24, 2.45) is 0 Å². The number of hydrogen-bond donors (Lipinski definition) is 0. The summed E-state index contributed by atoms with van der Waals surface area (Å²) in [6.45, 7) is 8.76. The minimum Gasteiger partial charge on any atom is -0.454 e. The van der Waals surface area contributed by atoms with Crippen molar-refractivity contribution in [1.29, 1.82) is 0 Å². The standard InChI is InChI=1S/C82H53N3O4/c1-46-22-11-13-28-52(46)56-32-19-34-58-60-42-40-48(3)72(79(60)88-77(56)58)83(50-24-7-5-8-25-50)66-44-64-54-30-15-17-38-68(54)86-81(64)75-70(66)62-36-21-37-63-71-67(45-65-55-31-16-18-39-69(55)87-82(65)76(71)85(75)74(62)63)84(51-26-9-6-10-27-51)73-49(4)41-43-61-59-35-20-33-57(78(59)89-80(61)73)53-29-14-12-23-47(53)2/h5-45H,1-4H3. The Morgan fingerprint density at radius 3 is 1.09 bits per heavy atom. The molecule has 0 bridgehead atoms. The molecule has 0 spiro atoms. The van der Waals surface area contributed by atoms with Gasteiger partial charge in [-0.1, -0.05) is 200 Å². The van der Waals surface area contributed by atoms with Gasteiger partial charge in [-0.3, -0.25) is 0 Å². The molecule has 7 nitrogen and oxygen atoms in total. The number of nitrogens with zero attached hydrogens (tertiary/aromatic N) is 3. The Balaban J connectivity index is 0.975. The molecule has 0 N–H and O–H groups in total. The van der Waals surface area contributed by atoms with Crippen LogP contribution in [0.5, 0.6) is 0 Å². The topological polar surface area (TPSA) is 63.5 Å². The van der Waals surface area contributed by atoms with Gasteiger partial charge in [0, 0.05) is 87.1 Å². The third-order valence-electron chi connectivity index (χ3n) is 19.0. The summed E-state index contributed by atoms with van der Waals surface area (Å²) in [7, 11) is 0. The Morgan fingerprint density at radius 1 is 0.258 bits per heavy atom. The second kappa shape index (κ2) is 18.5. The highest BCUT2D eigenvalue weighted by Crippen LogP contribution is 2.57. The van der Waals surface area contributed by atoms with Crippen LogP contribution in [0.2, 0.25) is 0 Å². The van der Waals surface area contributed by atoms with Crippen molar-refractivity contribution in [1.82, 2.24) is 4.40 Å². The van der Waals surface area contributed by atoms with Gasteiger partial charge in [-0.25, -0.2) is 0 Å². The molecule has 0 radical (unpaired) electrons. The second-order valence-corrected chi connectivity index (χ2v) is 24.0. The van der Waals surface area contributed by atoms with Crippen molar-refractivity contribution in [2.75, 3.05) is 9.80 Å². The van der Waals surface area contributed by atoms with Crippen LogP contribution in [0.25, 0.3) is 148 Å². The first-order valence-corrected chi connectivity index (χ1v) is 30.5. The van der Waals surface area contributed by atoms with Gasteiger partial charge < -0.3 is 31.9 Å². The van der Waals surface area contributed by atoms with E-state index in [2.05, 4.69) is 291 Å². The van der Waals surface area contributed by atoms with Gasteiger partial charge in [0.2, 0.25) is 0 Å². The Bertz CT molecular complexity index is 5800. The third-order valence-corrected chi connectivity index (χ3v) is 19.0. The van der Waals surface area contributed by atoms with Gasteiger partial charge in [0.25, 0.3) is 0 Å². The molecular weight excluding hydrogens is 1090 g/mol. The van der Waals surface area contributed by atoms with Gasteiger partial charge >= 0.3 is 0 Å². The highest BCUT2D eigenvalue weighted by Gasteiger charge is 2.34. The van der Waals surface area contributed by atoms with E-state index < -0.39 is 0 Å². The molecule has 6 heterocycles. The summed E-state index contributed by atoms with van der Waals surface area (Å²) in [4.78, 5) is 4.89. The molecule has 89 heavy (non-hydrogen) atoms. The molecule has 0 saturated heterocycles. The molecular formula is C82H53N3O4. The molecule has 0 atom stereocenters. The Labute approximate surface area is 510 Å². The van der Waals surface area contributed by atoms with E-state index in [4.69, 9.17) is 17.7 Å². The molecule has 0 aliphatic carbocycles. The highest BCUT2D eigenvalue weighted by atomic mass is 16.3. The zero-order chi connectivity index (χ0) is 58.9. The number of furan rings is 4. The van der Waals surface area contributed by atoms with Crippen molar-refractivity contribution >= 4 is 160 Å². The maximum atomic E-state index is 7.43. The number of aromatic nitrogens is 1. The van der Waals surface area contributed by atoms with Crippen LogP contribution >= 0.6 is 0 Å². The SMILES string of the molecule is Cc1ccccc1-c1cccc2c1oc1c(N(c3ccccc3)c3cc4c5ccccc5oc4c4c3c3cccc5c6c(N(c7ccccc7)c7c(C)ccc8c7oc7c(-c9ccccc9C)cccc78)cc7c8ccccc8oc7c6n4c35)c(C)ccc12. The molecule has 0 aliphatic heterocycles. The fourth-order valence-electron chi connectivity index (χ4n) is 15.0. The van der Waals surface area contributed by atoms with Crippen LogP contribution in [0, 0.1) is 27.7 Å². The minimum absolute atomic E-state index is 0.788. The van der Waals surface area contributed by atoms with E-state index >= 15 is 0 Å². The Kier molecular flexibility index (Phi) is 10.3. The number of para-hydroxylation sites is 7. The normalized spacial score (nSPS) is 12.3. The fraction of sp³-hybridized carbons (Fsp3) is 0.0488. The van der Waals surface area contributed by atoms with E-state index in [0.29, 0.717) is 0 Å². The molecule has 0 saturated carbocycles. The number of rotatable bonds is 8. The monoisotopic (exact) mass is 1140 g/mol. The van der Waals surface area contributed by atoms with Crippen LogP contribution in [-0.4, -0.2) is 4.40 Å². The average Bonchev–Trinajstić information content (AvgIpc) is 1.54. The lowest BCUT2D eigenvalue weighted by Crippen LogP contribution is -2.12. The lowest BCUT2D eigenvalue weighted by atomic mass is 9.98. The number of anilines is 6. The predicted octanol–water partition coefficient (Wildman–Crippen LogP) is 23.9. The molecule has 420 valence electrons. The summed E-state index contributed by atoms with van der Waals surface area (Å²) in [5.74, 6) is 0. The molecule has 7 heteroatoms. The summed E-state index contributed by atoms with van der Waals surface area (Å²) in [6, 6.07) is 89.2. The molecule has 0 amide bonds. The van der Waals surface area contributed by atoms with Gasteiger partial charge in [-0.15, -0.1) is 0 Å². The summed E-state index contributed by atoms with van der Waals surface area (Å²) in [5, 5.41) is 12.5. The van der Waals surface area contributed by atoms with Crippen LogP contribution in [0.4, 0.5) is 34.1 Å². The maximum Gasteiger partial charge on any atom is 0.160 e. The first-order chi connectivity index (χ1) is 43.9. The van der Waals surface area contributed by atoms with E-state index in [1.807, 2.05) is 0 Å². The van der Waals surface area contributed by atoms with Gasteiger partial charge in [0.1, 0.15) is 33.4 Å². The van der Waals surface area contributed by atoms with Crippen molar-refractivity contribution in [3.8, 4) is 22.3 Å². The van der Waals surface area contributed by atoms with Gasteiger partial charge in [-0.05, 0) is 110 Å². The average molecular weight is 1140 g/mol. The van der Waals surface area contributed by atoms with E-state index in [1.54, 1.807) is 0 Å². The van der Waals surface area contributed by atoms with E-state index in [9.17, 15) is 0 Å². The molecule has 0 fully saturated rings. The van der Waals surface area contributed by atoms with Crippen molar-refractivity contribution in [3.05, 3.63) is 271 Å². The number of benzene rings is 13. The zero-order valence-corrected chi connectivity index (χ0v) is 49.1. The smallest absolute Gasteiger partial charge is 0.160 e. The Hall–Kier alpha value is -11.5. The van der Waals surface area contributed by atoms with Crippen LogP contribution in [0.1, 0.15) is 22.3 Å². The van der Waals surface area contributed by atoms with Crippen LogP contribution < -0.4 is 9.80 Å². The molecule has 19 rings (SSSR count). The summed E-state index contributed by atoms with van der Waals surface area (Å²) in [6.07, 6.45) is 0. The number of hydrogen-bond acceptors (Lipinski definition) is 6. The quantitative estimate of drug-likeness (QED) is 0.151. The minimum atomic E-state index is 0.788. The highest BCUT2D eigenvalue weighted by molar-refractivity contribution is 6.36.